The molecule has 4 heteroatoms. The van der Waals surface area contributed by atoms with Crippen LogP contribution in [0.5, 0.6) is 11.5 Å². The van der Waals surface area contributed by atoms with E-state index in [0.717, 1.165) is 48.2 Å². The predicted molar refractivity (Wildman–Crippen MR) is 83.4 cm³/mol. The number of benzene rings is 2. The van der Waals surface area contributed by atoms with E-state index in [1.807, 2.05) is 30.3 Å². The molecular weight excluding hydrogens is 286 g/mol. The normalized spacial score (nSPS) is 16.5. The Balaban J connectivity index is 1.63. The third kappa shape index (κ3) is 2.42. The van der Waals surface area contributed by atoms with Gasteiger partial charge in [-0.2, -0.15) is 0 Å². The number of hydrogen-bond acceptors (Lipinski definition) is 3. The van der Waals surface area contributed by atoms with Gasteiger partial charge in [0.05, 0.1) is 6.61 Å². The monoisotopic (exact) mass is 301 g/mol. The lowest BCUT2D eigenvalue weighted by Gasteiger charge is -2.32. The molecule has 2 aliphatic rings. The summed E-state index contributed by atoms with van der Waals surface area (Å²) in [6, 6.07) is 12.1. The second-order valence-corrected chi connectivity index (χ2v) is 5.90. The van der Waals surface area contributed by atoms with Gasteiger partial charge in [-0.25, -0.2) is 0 Å². The molecule has 0 amide bonds. The van der Waals surface area contributed by atoms with Gasteiger partial charge in [0.2, 0.25) is 0 Å². The number of nitrogens with zero attached hydrogens (tertiary/aromatic N) is 1. The van der Waals surface area contributed by atoms with Crippen LogP contribution in [0.3, 0.4) is 0 Å². The zero-order valence-corrected chi connectivity index (χ0v) is 12.4. The highest BCUT2D eigenvalue weighted by Crippen LogP contribution is 2.36. The van der Waals surface area contributed by atoms with Gasteiger partial charge >= 0.3 is 0 Å². The molecule has 0 aliphatic carbocycles. The average Bonchev–Trinajstić information content (AvgIpc) is 2.53. The van der Waals surface area contributed by atoms with Crippen molar-refractivity contribution >= 4 is 17.3 Å². The molecule has 0 saturated heterocycles. The first-order valence-electron chi connectivity index (χ1n) is 7.21. The Bertz CT molecular complexity index is 669. The summed E-state index contributed by atoms with van der Waals surface area (Å²) in [6.07, 6.45) is 2.18. The maximum Gasteiger partial charge on any atom is 0.161 e. The Morgan fingerprint density at radius 3 is 2.62 bits per heavy atom. The molecule has 3 nitrogen and oxygen atoms in total. The van der Waals surface area contributed by atoms with Crippen molar-refractivity contribution in [1.29, 1.82) is 0 Å². The highest BCUT2D eigenvalue weighted by molar-refractivity contribution is 6.30. The zero-order valence-electron chi connectivity index (χ0n) is 11.6. The molecule has 0 atom stereocenters. The zero-order chi connectivity index (χ0) is 14.2. The van der Waals surface area contributed by atoms with E-state index in [-0.39, 0.29) is 0 Å². The molecule has 2 aliphatic heterocycles. The van der Waals surface area contributed by atoms with E-state index in [4.69, 9.17) is 21.1 Å². The summed E-state index contributed by atoms with van der Waals surface area (Å²) in [5.74, 6) is 1.93. The molecule has 21 heavy (non-hydrogen) atoms. The van der Waals surface area contributed by atoms with E-state index in [0.29, 0.717) is 6.73 Å². The molecule has 2 heterocycles. The van der Waals surface area contributed by atoms with Crippen molar-refractivity contribution in [3.05, 3.63) is 52.5 Å². The smallest absolute Gasteiger partial charge is 0.161 e. The van der Waals surface area contributed by atoms with Crippen molar-refractivity contribution in [3.63, 3.8) is 0 Å². The Kier molecular flexibility index (Phi) is 3.15. The van der Waals surface area contributed by atoms with E-state index in [1.54, 1.807) is 0 Å². The maximum absolute atomic E-state index is 5.95. The molecule has 0 saturated carbocycles. The Morgan fingerprint density at radius 2 is 1.76 bits per heavy atom. The van der Waals surface area contributed by atoms with Gasteiger partial charge in [0.1, 0.15) is 11.5 Å². The van der Waals surface area contributed by atoms with Gasteiger partial charge < -0.3 is 14.4 Å². The van der Waals surface area contributed by atoms with Crippen LogP contribution in [0.1, 0.15) is 17.5 Å². The number of halogens is 1. The lowest BCUT2D eigenvalue weighted by atomic mass is 10.0. The first-order valence-corrected chi connectivity index (χ1v) is 7.59. The van der Waals surface area contributed by atoms with Crippen molar-refractivity contribution in [2.45, 2.75) is 19.4 Å². The summed E-state index contributed by atoms with van der Waals surface area (Å²) in [7, 11) is 0. The third-order valence-corrected chi connectivity index (χ3v) is 4.27. The fourth-order valence-electron chi connectivity index (χ4n) is 2.91. The van der Waals surface area contributed by atoms with Gasteiger partial charge in [-0.05, 0) is 48.7 Å². The lowest BCUT2D eigenvalue weighted by molar-refractivity contribution is 0.270. The van der Waals surface area contributed by atoms with Gasteiger partial charge in [-0.3, -0.25) is 0 Å². The second-order valence-electron chi connectivity index (χ2n) is 5.47. The first-order chi connectivity index (χ1) is 10.3. The van der Waals surface area contributed by atoms with Crippen LogP contribution in [-0.2, 0) is 13.0 Å². The average molecular weight is 302 g/mol. The third-order valence-electron chi connectivity index (χ3n) is 4.02. The summed E-state index contributed by atoms with van der Waals surface area (Å²) in [5.41, 5.74) is 3.64. The van der Waals surface area contributed by atoms with Crippen LogP contribution in [0.15, 0.2) is 36.4 Å². The molecule has 0 aromatic heterocycles. The quantitative estimate of drug-likeness (QED) is 0.794. The lowest BCUT2D eigenvalue weighted by Crippen LogP contribution is -2.32. The largest absolute Gasteiger partial charge is 0.493 e. The standard InChI is InChI=1S/C17H16ClNO2/c18-14-3-5-15(6-4-14)19-10-13-8-12-2-1-7-20-16(12)9-17(13)21-11-19/h3-6,8-9H,1-2,7,10-11H2. The number of aryl methyl sites for hydroxylation is 1. The molecule has 0 bridgehead atoms. The van der Waals surface area contributed by atoms with E-state index in [9.17, 15) is 0 Å². The van der Waals surface area contributed by atoms with Crippen molar-refractivity contribution in [1.82, 2.24) is 0 Å². The molecule has 4 rings (SSSR count). The van der Waals surface area contributed by atoms with Gasteiger partial charge in [-0.1, -0.05) is 11.6 Å². The molecule has 0 radical (unpaired) electrons. The summed E-state index contributed by atoms with van der Waals surface area (Å²) >= 11 is 5.95. The van der Waals surface area contributed by atoms with Crippen LogP contribution < -0.4 is 14.4 Å². The summed E-state index contributed by atoms with van der Waals surface area (Å²) in [5, 5.41) is 0.753. The molecule has 0 fully saturated rings. The fraction of sp³-hybridized carbons (Fsp3) is 0.294. The fourth-order valence-corrected chi connectivity index (χ4v) is 3.03. The number of ether oxygens (including phenoxy) is 2. The SMILES string of the molecule is Clc1ccc(N2COc3cc4c(cc3C2)CCCO4)cc1. The Morgan fingerprint density at radius 1 is 0.952 bits per heavy atom. The molecule has 0 N–H and O–H groups in total. The van der Waals surface area contributed by atoms with E-state index in [2.05, 4.69) is 11.0 Å². The Hall–Kier alpha value is -1.87. The van der Waals surface area contributed by atoms with E-state index in [1.165, 1.54) is 11.1 Å². The molecular formula is C17H16ClNO2. The van der Waals surface area contributed by atoms with Crippen molar-refractivity contribution < 1.29 is 9.47 Å². The van der Waals surface area contributed by atoms with E-state index >= 15 is 0 Å². The van der Waals surface area contributed by atoms with Gasteiger partial charge in [0, 0.05) is 28.9 Å². The summed E-state index contributed by atoms with van der Waals surface area (Å²) in [4.78, 5) is 2.20. The molecule has 108 valence electrons. The minimum absolute atomic E-state index is 0.549. The number of fused-ring (bicyclic) bond motifs is 2. The highest BCUT2D eigenvalue weighted by Gasteiger charge is 2.21. The number of rotatable bonds is 1. The van der Waals surface area contributed by atoms with Crippen LogP contribution in [-0.4, -0.2) is 13.3 Å². The summed E-state index contributed by atoms with van der Waals surface area (Å²) < 4.78 is 11.6. The first kappa shape index (κ1) is 12.8. The molecule has 2 aromatic carbocycles. The van der Waals surface area contributed by atoms with Gasteiger partial charge in [0.25, 0.3) is 0 Å². The minimum Gasteiger partial charge on any atom is -0.493 e. The second kappa shape index (κ2) is 5.15. The summed E-state index contributed by atoms with van der Waals surface area (Å²) in [6.45, 7) is 2.21. The molecule has 0 unspecified atom stereocenters. The minimum atomic E-state index is 0.549. The molecule has 2 aromatic rings. The van der Waals surface area contributed by atoms with Crippen molar-refractivity contribution in [2.24, 2.45) is 0 Å². The maximum atomic E-state index is 5.95. The van der Waals surface area contributed by atoms with Crippen molar-refractivity contribution in [3.8, 4) is 11.5 Å². The van der Waals surface area contributed by atoms with Gasteiger partial charge in [-0.15, -0.1) is 0 Å². The van der Waals surface area contributed by atoms with Crippen LogP contribution >= 0.6 is 11.6 Å². The number of anilines is 1. The Labute approximate surface area is 129 Å². The number of hydrogen-bond donors (Lipinski definition) is 0. The van der Waals surface area contributed by atoms with E-state index < -0.39 is 0 Å². The van der Waals surface area contributed by atoms with Crippen molar-refractivity contribution in [2.75, 3.05) is 18.2 Å². The van der Waals surface area contributed by atoms with Crippen LogP contribution in [0.2, 0.25) is 5.02 Å². The molecule has 0 spiro atoms. The van der Waals surface area contributed by atoms with Crippen LogP contribution in [0.25, 0.3) is 0 Å². The van der Waals surface area contributed by atoms with Crippen LogP contribution in [0, 0.1) is 0 Å². The van der Waals surface area contributed by atoms with Gasteiger partial charge in [0.15, 0.2) is 6.73 Å². The van der Waals surface area contributed by atoms with Crippen LogP contribution in [0.4, 0.5) is 5.69 Å². The predicted octanol–water partition coefficient (Wildman–Crippen LogP) is 4.02. The topological polar surface area (TPSA) is 21.7 Å². The highest BCUT2D eigenvalue weighted by atomic mass is 35.5.